The molecule has 0 radical (unpaired) electrons. The first-order valence-electron chi connectivity index (χ1n) is 11.9. The van der Waals surface area contributed by atoms with Gasteiger partial charge in [-0.15, -0.1) is 0 Å². The van der Waals surface area contributed by atoms with Crippen LogP contribution in [0, 0.1) is 0 Å². The van der Waals surface area contributed by atoms with Crippen molar-refractivity contribution >= 4 is 17.1 Å². The third kappa shape index (κ3) is 4.61. The van der Waals surface area contributed by atoms with Crippen molar-refractivity contribution in [1.82, 2.24) is 9.55 Å². The fourth-order valence-electron chi connectivity index (χ4n) is 5.23. The highest BCUT2D eigenvalue weighted by atomic mass is 28.5. The Kier molecular flexibility index (Phi) is 7.94. The smallest absolute Gasteiger partial charge is 0.335 e. The van der Waals surface area contributed by atoms with Crippen molar-refractivity contribution < 1.29 is 22.4 Å². The number of H-pyrrole nitrogens is 1. The summed E-state index contributed by atoms with van der Waals surface area (Å²) in [6.07, 6.45) is -0.790. The molecule has 33 heavy (non-hydrogen) atoms. The quantitative estimate of drug-likeness (QED) is 0.597. The van der Waals surface area contributed by atoms with E-state index in [9.17, 15) is 9.59 Å². The Hall–Kier alpha value is -1.09. The summed E-state index contributed by atoms with van der Waals surface area (Å²) in [4.78, 5) is 26.4. The van der Waals surface area contributed by atoms with Crippen LogP contribution in [0.15, 0.2) is 21.9 Å². The number of nitrogens with zero attached hydrogens (tertiary/aromatic N) is 1. The normalized spacial score (nSPS) is 29.5. The Morgan fingerprint density at radius 1 is 1.00 bits per heavy atom. The topological polar surface area (TPSA) is 101 Å². The highest BCUT2D eigenvalue weighted by molar-refractivity contribution is 6.83. The molecule has 3 rings (SSSR count). The molecular formula is C22H40N2O7Si2. The van der Waals surface area contributed by atoms with Crippen molar-refractivity contribution in [3.8, 4) is 0 Å². The molecule has 0 unspecified atom stereocenters. The predicted octanol–water partition coefficient (Wildman–Crippen LogP) is 3.41. The number of fused-ring (bicyclic) bond motifs is 1. The molecule has 3 heterocycles. The van der Waals surface area contributed by atoms with Gasteiger partial charge in [0.05, 0.1) is 6.61 Å². The molecule has 0 saturated carbocycles. The highest BCUT2D eigenvalue weighted by Crippen LogP contribution is 2.48. The van der Waals surface area contributed by atoms with E-state index in [4.69, 9.17) is 22.4 Å². The maximum Gasteiger partial charge on any atom is 0.335 e. The predicted molar refractivity (Wildman–Crippen MR) is 130 cm³/mol. The van der Waals surface area contributed by atoms with E-state index in [1.54, 1.807) is 7.11 Å². The van der Waals surface area contributed by atoms with Gasteiger partial charge in [0, 0.05) is 19.4 Å². The fraction of sp³-hybridized carbons (Fsp3) is 0.818. The van der Waals surface area contributed by atoms with Crippen molar-refractivity contribution in [2.24, 2.45) is 0 Å². The molecule has 0 bridgehead atoms. The van der Waals surface area contributed by atoms with Gasteiger partial charge in [-0.25, -0.2) is 4.79 Å². The molecule has 2 aliphatic rings. The van der Waals surface area contributed by atoms with Gasteiger partial charge in [0.25, 0.3) is 5.56 Å². The van der Waals surface area contributed by atoms with Crippen molar-refractivity contribution in [2.75, 3.05) is 13.7 Å². The van der Waals surface area contributed by atoms with Gasteiger partial charge >= 0.3 is 22.8 Å². The molecule has 1 N–H and O–H groups in total. The van der Waals surface area contributed by atoms with Crippen molar-refractivity contribution in [3.63, 3.8) is 0 Å². The molecule has 1 aromatic heterocycles. The summed E-state index contributed by atoms with van der Waals surface area (Å²) >= 11 is 0. The standard InChI is InChI=1S/C22H40N2O7Si2/c1-13(2)32(14(3)4)28-12-17-19(30-33(31-32,15(5)6)16(7)8)20(27-9)21(29-17)24-11-10-18(25)23-22(24)26/h10-11,13-17,19-21H,12H2,1-9H3,(H,23,25,26)/t17-,19-,20-,21-/m1/s1. The van der Waals surface area contributed by atoms with E-state index < -0.39 is 52.9 Å². The van der Waals surface area contributed by atoms with Gasteiger partial charge in [0.1, 0.15) is 18.3 Å². The summed E-state index contributed by atoms with van der Waals surface area (Å²) in [5, 5.41) is 0. The second-order valence-electron chi connectivity index (χ2n) is 10.3. The Balaban J connectivity index is 2.12. The third-order valence-electron chi connectivity index (χ3n) is 7.01. The van der Waals surface area contributed by atoms with E-state index in [2.05, 4.69) is 60.4 Å². The van der Waals surface area contributed by atoms with Gasteiger partial charge in [-0.3, -0.25) is 14.3 Å². The van der Waals surface area contributed by atoms with E-state index in [-0.39, 0.29) is 22.2 Å². The van der Waals surface area contributed by atoms with Gasteiger partial charge in [0.2, 0.25) is 0 Å². The Labute approximate surface area is 198 Å². The summed E-state index contributed by atoms with van der Waals surface area (Å²) in [7, 11) is -3.96. The molecule has 2 fully saturated rings. The number of aromatic nitrogens is 2. The molecule has 0 aliphatic carbocycles. The molecule has 0 amide bonds. The van der Waals surface area contributed by atoms with E-state index in [1.165, 1.54) is 16.8 Å². The summed E-state index contributed by atoms with van der Waals surface area (Å²) in [6.45, 7) is 17.6. The molecule has 11 heteroatoms. The zero-order chi connectivity index (χ0) is 24.7. The maximum atomic E-state index is 12.5. The van der Waals surface area contributed by atoms with Crippen LogP contribution in [-0.2, 0) is 22.4 Å². The molecule has 2 saturated heterocycles. The van der Waals surface area contributed by atoms with Gasteiger partial charge in [-0.2, -0.15) is 0 Å². The molecule has 0 aromatic carbocycles. The van der Waals surface area contributed by atoms with Gasteiger partial charge in [0.15, 0.2) is 6.23 Å². The van der Waals surface area contributed by atoms with Crippen LogP contribution < -0.4 is 11.2 Å². The second-order valence-corrected chi connectivity index (χ2v) is 19.2. The Bertz CT molecular complexity index is 914. The third-order valence-corrected chi connectivity index (χ3v) is 17.3. The van der Waals surface area contributed by atoms with E-state index in [0.29, 0.717) is 6.61 Å². The summed E-state index contributed by atoms with van der Waals surface area (Å²) in [5.41, 5.74) is -0.241. The van der Waals surface area contributed by atoms with Crippen LogP contribution in [0.5, 0.6) is 0 Å². The molecule has 2 aliphatic heterocycles. The monoisotopic (exact) mass is 500 g/mol. The van der Waals surface area contributed by atoms with Crippen molar-refractivity contribution in [2.45, 2.75) is 102 Å². The van der Waals surface area contributed by atoms with Crippen molar-refractivity contribution in [3.05, 3.63) is 33.1 Å². The van der Waals surface area contributed by atoms with E-state index in [1.807, 2.05) is 0 Å². The largest absolute Gasteiger partial charge is 0.414 e. The maximum absolute atomic E-state index is 12.5. The first-order valence-corrected chi connectivity index (χ1v) is 15.9. The number of nitrogens with one attached hydrogen (secondary N) is 1. The summed E-state index contributed by atoms with van der Waals surface area (Å²) in [6, 6.07) is 1.30. The zero-order valence-electron chi connectivity index (χ0n) is 21.3. The second kappa shape index (κ2) is 9.88. The number of hydrogen-bond acceptors (Lipinski definition) is 7. The van der Waals surface area contributed by atoms with Crippen LogP contribution in [0.25, 0.3) is 0 Å². The molecule has 4 atom stereocenters. The average molecular weight is 501 g/mol. The minimum atomic E-state index is -2.85. The van der Waals surface area contributed by atoms with Crippen molar-refractivity contribution in [1.29, 1.82) is 0 Å². The van der Waals surface area contributed by atoms with Crippen LogP contribution in [0.1, 0.15) is 61.6 Å². The van der Waals surface area contributed by atoms with Gasteiger partial charge < -0.3 is 22.4 Å². The van der Waals surface area contributed by atoms with E-state index in [0.717, 1.165) is 0 Å². The SMILES string of the molecule is CO[C@@H]1[C@@H]2O[Si](C(C)C)(C(C)C)O[Si](C(C)C)(C(C)C)OC[C@H]2O[C@H]1n1ccc(=O)[nH]c1=O. The van der Waals surface area contributed by atoms with Crippen LogP contribution in [-0.4, -0.2) is 58.7 Å². The van der Waals surface area contributed by atoms with Crippen LogP contribution in [0.4, 0.5) is 0 Å². The van der Waals surface area contributed by atoms with Crippen LogP contribution >= 0.6 is 0 Å². The zero-order valence-corrected chi connectivity index (χ0v) is 23.3. The van der Waals surface area contributed by atoms with Crippen LogP contribution in [0.2, 0.25) is 22.2 Å². The molecule has 188 valence electrons. The Morgan fingerprint density at radius 2 is 1.58 bits per heavy atom. The highest BCUT2D eigenvalue weighted by Gasteiger charge is 2.62. The van der Waals surface area contributed by atoms with Crippen LogP contribution in [0.3, 0.4) is 0 Å². The first-order chi connectivity index (χ1) is 15.4. The van der Waals surface area contributed by atoms with Gasteiger partial charge in [-0.1, -0.05) is 55.4 Å². The minimum Gasteiger partial charge on any atom is -0.414 e. The summed E-state index contributed by atoms with van der Waals surface area (Å²) in [5.74, 6) is 0. The molecule has 0 spiro atoms. The molecule has 1 aromatic rings. The summed E-state index contributed by atoms with van der Waals surface area (Å²) < 4.78 is 34.5. The number of rotatable bonds is 6. The Morgan fingerprint density at radius 3 is 2.06 bits per heavy atom. The number of ether oxygens (including phenoxy) is 2. The number of aromatic amines is 1. The lowest BCUT2D eigenvalue weighted by Crippen LogP contribution is -2.65. The molecular weight excluding hydrogens is 460 g/mol. The lowest BCUT2D eigenvalue weighted by atomic mass is 10.1. The lowest BCUT2D eigenvalue weighted by Gasteiger charge is -2.51. The number of methoxy groups -OCH3 is 1. The van der Waals surface area contributed by atoms with Gasteiger partial charge in [-0.05, 0) is 22.2 Å². The first kappa shape index (κ1) is 26.5. The number of hydrogen-bond donors (Lipinski definition) is 1. The molecule has 9 nitrogen and oxygen atoms in total. The fourth-order valence-corrected chi connectivity index (χ4v) is 16.4. The average Bonchev–Trinajstić information content (AvgIpc) is 3.03. The lowest BCUT2D eigenvalue weighted by molar-refractivity contribution is -0.0639. The minimum absolute atomic E-state index is 0.164. The van der Waals surface area contributed by atoms with E-state index >= 15 is 0 Å².